The molecule has 2 heteroatoms. The fraction of sp³-hybridized carbons (Fsp3) is 0.294. The van der Waals surface area contributed by atoms with Crippen molar-refractivity contribution in [2.45, 2.75) is 17.2 Å². The molecule has 2 aromatic carbocycles. The Labute approximate surface area is 124 Å². The normalized spacial score (nSPS) is 24.7. The predicted molar refractivity (Wildman–Crippen MR) is 81.7 cm³/mol. The summed E-state index contributed by atoms with van der Waals surface area (Å²) in [4.78, 5) is 0. The Kier molecular flexibility index (Phi) is 3.81. The van der Waals surface area contributed by atoms with Crippen LogP contribution in [0.3, 0.4) is 0 Å². The first-order chi connectivity index (χ1) is 9.27. The van der Waals surface area contributed by atoms with Crippen LogP contribution in [-0.4, -0.2) is 0 Å². The van der Waals surface area contributed by atoms with Crippen molar-refractivity contribution in [1.29, 1.82) is 0 Å². The van der Waals surface area contributed by atoms with E-state index in [2.05, 4.69) is 24.3 Å². The van der Waals surface area contributed by atoms with Crippen molar-refractivity contribution in [2.24, 2.45) is 11.8 Å². The van der Waals surface area contributed by atoms with E-state index < -0.39 is 0 Å². The van der Waals surface area contributed by atoms with Gasteiger partial charge >= 0.3 is 0 Å². The van der Waals surface area contributed by atoms with Gasteiger partial charge in [-0.1, -0.05) is 60.7 Å². The van der Waals surface area contributed by atoms with Crippen LogP contribution < -0.4 is 0 Å². The summed E-state index contributed by atoms with van der Waals surface area (Å²) in [5, 5.41) is 0.160. The molecule has 1 fully saturated rings. The van der Waals surface area contributed by atoms with Gasteiger partial charge in [-0.3, -0.25) is 0 Å². The van der Waals surface area contributed by atoms with E-state index in [4.69, 9.17) is 23.2 Å². The maximum Gasteiger partial charge on any atom is 0.0616 e. The van der Waals surface area contributed by atoms with Crippen LogP contribution in [0.15, 0.2) is 60.7 Å². The lowest BCUT2D eigenvalue weighted by molar-refractivity contribution is 0.661. The molecule has 0 heterocycles. The Morgan fingerprint density at radius 1 is 0.684 bits per heavy atom. The average molecular weight is 291 g/mol. The van der Waals surface area contributed by atoms with Crippen molar-refractivity contribution in [3.05, 3.63) is 71.8 Å². The fourth-order valence-corrected chi connectivity index (χ4v) is 3.55. The molecule has 0 bridgehead atoms. The number of hydrogen-bond donors (Lipinski definition) is 0. The van der Waals surface area contributed by atoms with Crippen molar-refractivity contribution < 1.29 is 0 Å². The third-order valence-electron chi connectivity index (χ3n) is 3.88. The van der Waals surface area contributed by atoms with E-state index in [1.807, 2.05) is 36.4 Å². The minimum Gasteiger partial charge on any atom is -0.118 e. The number of hydrogen-bond acceptors (Lipinski definition) is 0. The van der Waals surface area contributed by atoms with Gasteiger partial charge < -0.3 is 0 Å². The van der Waals surface area contributed by atoms with Crippen LogP contribution in [0.25, 0.3) is 0 Å². The number of rotatable bonds is 4. The molecule has 4 atom stereocenters. The van der Waals surface area contributed by atoms with E-state index in [0.29, 0.717) is 11.8 Å². The van der Waals surface area contributed by atoms with E-state index in [1.54, 1.807) is 0 Å². The summed E-state index contributed by atoms with van der Waals surface area (Å²) in [6.07, 6.45) is 1.12. The fourth-order valence-electron chi connectivity index (χ4n) is 2.68. The molecule has 0 radical (unpaired) electrons. The van der Waals surface area contributed by atoms with E-state index >= 15 is 0 Å². The largest absolute Gasteiger partial charge is 0.118 e. The molecule has 1 saturated carbocycles. The van der Waals surface area contributed by atoms with Gasteiger partial charge in [0.05, 0.1) is 10.8 Å². The quantitative estimate of drug-likeness (QED) is 0.645. The molecule has 98 valence electrons. The predicted octanol–water partition coefficient (Wildman–Crippen LogP) is 5.58. The van der Waals surface area contributed by atoms with Crippen LogP contribution in [0.4, 0.5) is 0 Å². The topological polar surface area (TPSA) is 0 Å². The lowest BCUT2D eigenvalue weighted by Gasteiger charge is -2.13. The van der Waals surface area contributed by atoms with Gasteiger partial charge in [-0.2, -0.15) is 0 Å². The van der Waals surface area contributed by atoms with E-state index in [0.717, 1.165) is 6.42 Å². The number of halogens is 2. The Balaban J connectivity index is 1.68. The smallest absolute Gasteiger partial charge is 0.0616 e. The Bertz CT molecular complexity index is 474. The highest BCUT2D eigenvalue weighted by Crippen LogP contribution is 2.57. The third kappa shape index (κ3) is 2.80. The Hall–Kier alpha value is -0.980. The second-order valence-electron chi connectivity index (χ2n) is 5.19. The van der Waals surface area contributed by atoms with E-state index in [9.17, 15) is 0 Å². The Morgan fingerprint density at radius 2 is 1.05 bits per heavy atom. The summed E-state index contributed by atoms with van der Waals surface area (Å²) >= 11 is 13.1. The molecule has 1 aliphatic carbocycles. The summed E-state index contributed by atoms with van der Waals surface area (Å²) in [5.74, 6) is 0.985. The lowest BCUT2D eigenvalue weighted by atomic mass is 10.0. The Morgan fingerprint density at radius 3 is 1.42 bits per heavy atom. The molecule has 0 aromatic heterocycles. The van der Waals surface area contributed by atoms with Gasteiger partial charge in [0, 0.05) is 0 Å². The summed E-state index contributed by atoms with van der Waals surface area (Å²) in [7, 11) is 0. The van der Waals surface area contributed by atoms with Crippen LogP contribution >= 0.6 is 23.2 Å². The van der Waals surface area contributed by atoms with E-state index in [1.165, 1.54) is 11.1 Å². The molecular formula is C17H16Cl2. The number of benzene rings is 2. The molecule has 4 unspecified atom stereocenters. The highest BCUT2D eigenvalue weighted by Gasteiger charge is 2.47. The maximum absolute atomic E-state index is 6.57. The van der Waals surface area contributed by atoms with Crippen LogP contribution in [0.5, 0.6) is 0 Å². The highest BCUT2D eigenvalue weighted by molar-refractivity contribution is 6.22. The van der Waals surface area contributed by atoms with Crippen molar-refractivity contribution in [2.75, 3.05) is 0 Å². The summed E-state index contributed by atoms with van der Waals surface area (Å²) in [6.45, 7) is 0. The first-order valence-corrected chi connectivity index (χ1v) is 7.52. The lowest BCUT2D eigenvalue weighted by Crippen LogP contribution is -1.99. The summed E-state index contributed by atoms with van der Waals surface area (Å²) < 4.78 is 0. The molecule has 0 nitrogen and oxygen atoms in total. The molecular weight excluding hydrogens is 275 g/mol. The zero-order valence-corrected chi connectivity index (χ0v) is 12.1. The van der Waals surface area contributed by atoms with Crippen LogP contribution in [0.2, 0.25) is 0 Å². The van der Waals surface area contributed by atoms with Gasteiger partial charge in [0.15, 0.2) is 0 Å². The molecule has 19 heavy (non-hydrogen) atoms. The molecule has 1 aliphatic rings. The zero-order chi connectivity index (χ0) is 13.2. The maximum atomic E-state index is 6.57. The van der Waals surface area contributed by atoms with Crippen molar-refractivity contribution >= 4 is 23.2 Å². The molecule has 0 amide bonds. The average Bonchev–Trinajstić information content (AvgIpc) is 3.28. The minimum absolute atomic E-state index is 0.0798. The second-order valence-corrected chi connectivity index (χ2v) is 6.13. The van der Waals surface area contributed by atoms with Gasteiger partial charge in [-0.05, 0) is 29.4 Å². The number of alkyl halides is 2. The molecule has 0 saturated heterocycles. The van der Waals surface area contributed by atoms with Gasteiger partial charge in [-0.15, -0.1) is 23.2 Å². The molecule has 0 spiro atoms. The van der Waals surface area contributed by atoms with E-state index in [-0.39, 0.29) is 10.8 Å². The van der Waals surface area contributed by atoms with Gasteiger partial charge in [0.2, 0.25) is 0 Å². The first-order valence-electron chi connectivity index (χ1n) is 6.65. The summed E-state index contributed by atoms with van der Waals surface area (Å²) in [6, 6.07) is 20.6. The van der Waals surface area contributed by atoms with Gasteiger partial charge in [0.25, 0.3) is 0 Å². The van der Waals surface area contributed by atoms with Crippen molar-refractivity contribution in [3.63, 3.8) is 0 Å². The minimum atomic E-state index is 0.0798. The molecule has 0 N–H and O–H groups in total. The van der Waals surface area contributed by atoms with Gasteiger partial charge in [0.1, 0.15) is 0 Å². The SMILES string of the molecule is ClC(c1ccccc1)C1CC1C(Cl)c1ccccc1. The summed E-state index contributed by atoms with van der Waals surface area (Å²) in [5.41, 5.74) is 2.40. The van der Waals surface area contributed by atoms with Crippen molar-refractivity contribution in [1.82, 2.24) is 0 Å². The monoisotopic (exact) mass is 290 g/mol. The third-order valence-corrected chi connectivity index (χ3v) is 5.03. The van der Waals surface area contributed by atoms with Crippen LogP contribution in [0.1, 0.15) is 28.3 Å². The zero-order valence-electron chi connectivity index (χ0n) is 10.5. The van der Waals surface area contributed by atoms with Crippen LogP contribution in [0, 0.1) is 11.8 Å². The van der Waals surface area contributed by atoms with Crippen molar-refractivity contribution in [3.8, 4) is 0 Å². The highest BCUT2D eigenvalue weighted by atomic mass is 35.5. The van der Waals surface area contributed by atoms with Gasteiger partial charge in [-0.25, -0.2) is 0 Å². The molecule has 2 aromatic rings. The second kappa shape index (κ2) is 5.56. The first kappa shape index (κ1) is 13.0. The molecule has 3 rings (SSSR count). The standard InChI is InChI=1S/C17H16Cl2/c18-16(12-7-3-1-4-8-12)14-11-15(14)17(19)13-9-5-2-6-10-13/h1-10,14-17H,11H2. The van der Waals surface area contributed by atoms with Crippen LogP contribution in [-0.2, 0) is 0 Å². The molecule has 0 aliphatic heterocycles.